The molecular weight excluding hydrogens is 259 g/mol. The summed E-state index contributed by atoms with van der Waals surface area (Å²) in [6, 6.07) is 4.78. The standard InChI is InChI=1S/C9H10Cl2O3S/c1-15(12,13)5-4-14-9-6-7(10)2-3-8(9)11/h2-3,6H,4-5H2,1H3. The highest BCUT2D eigenvalue weighted by Crippen LogP contribution is 2.27. The molecule has 84 valence electrons. The normalized spacial score (nSPS) is 11.4. The van der Waals surface area contributed by atoms with E-state index in [0.29, 0.717) is 15.8 Å². The molecule has 1 aromatic carbocycles. The molecule has 0 aliphatic carbocycles. The van der Waals surface area contributed by atoms with E-state index in [0.717, 1.165) is 6.26 Å². The maximum absolute atomic E-state index is 10.8. The Morgan fingerprint density at radius 1 is 1.33 bits per heavy atom. The zero-order chi connectivity index (χ0) is 11.5. The molecule has 0 N–H and O–H groups in total. The average Bonchev–Trinajstić information content (AvgIpc) is 2.09. The highest BCUT2D eigenvalue weighted by molar-refractivity contribution is 7.90. The molecule has 0 saturated heterocycles. The Labute approximate surface area is 98.9 Å². The second-order valence-corrected chi connectivity index (χ2v) is 6.16. The Bertz CT molecular complexity index is 443. The van der Waals surface area contributed by atoms with E-state index < -0.39 is 9.84 Å². The van der Waals surface area contributed by atoms with Gasteiger partial charge in [-0.2, -0.15) is 0 Å². The van der Waals surface area contributed by atoms with Crippen molar-refractivity contribution in [2.75, 3.05) is 18.6 Å². The van der Waals surface area contributed by atoms with Crippen LogP contribution < -0.4 is 4.74 Å². The summed E-state index contributed by atoms with van der Waals surface area (Å²) in [5, 5.41) is 0.904. The third-order valence-corrected chi connectivity index (χ3v) is 3.06. The van der Waals surface area contributed by atoms with E-state index in [1.165, 1.54) is 0 Å². The predicted molar refractivity (Wildman–Crippen MR) is 61.7 cm³/mol. The first-order valence-corrected chi connectivity index (χ1v) is 6.96. The molecule has 0 unspecified atom stereocenters. The molecule has 3 nitrogen and oxygen atoms in total. The van der Waals surface area contributed by atoms with E-state index in [2.05, 4.69) is 0 Å². The monoisotopic (exact) mass is 268 g/mol. The van der Waals surface area contributed by atoms with Crippen LogP contribution in [0, 0.1) is 0 Å². The van der Waals surface area contributed by atoms with Gasteiger partial charge in [0.15, 0.2) is 9.84 Å². The number of ether oxygens (including phenoxy) is 1. The summed E-state index contributed by atoms with van der Waals surface area (Å²) in [6.07, 6.45) is 1.15. The van der Waals surface area contributed by atoms with Crippen LogP contribution in [-0.2, 0) is 9.84 Å². The van der Waals surface area contributed by atoms with Gasteiger partial charge in [0.25, 0.3) is 0 Å². The highest BCUT2D eigenvalue weighted by atomic mass is 35.5. The van der Waals surface area contributed by atoms with Crippen molar-refractivity contribution in [1.29, 1.82) is 0 Å². The van der Waals surface area contributed by atoms with E-state index in [1.54, 1.807) is 18.2 Å². The van der Waals surface area contributed by atoms with E-state index in [9.17, 15) is 8.42 Å². The van der Waals surface area contributed by atoms with Crippen molar-refractivity contribution in [2.45, 2.75) is 0 Å². The first-order chi connectivity index (χ1) is 6.88. The number of halogens is 2. The topological polar surface area (TPSA) is 43.4 Å². The van der Waals surface area contributed by atoms with E-state index >= 15 is 0 Å². The van der Waals surface area contributed by atoms with Crippen molar-refractivity contribution >= 4 is 33.0 Å². The summed E-state index contributed by atoms with van der Waals surface area (Å²) < 4.78 is 26.9. The van der Waals surface area contributed by atoms with Gasteiger partial charge in [-0.25, -0.2) is 8.42 Å². The fourth-order valence-corrected chi connectivity index (χ4v) is 1.61. The van der Waals surface area contributed by atoms with Crippen molar-refractivity contribution in [3.8, 4) is 5.75 Å². The molecule has 0 bridgehead atoms. The summed E-state index contributed by atoms with van der Waals surface area (Å²) in [7, 11) is -3.02. The molecule has 1 aromatic rings. The summed E-state index contributed by atoms with van der Waals surface area (Å²) in [5.74, 6) is 0.350. The zero-order valence-electron chi connectivity index (χ0n) is 8.04. The predicted octanol–water partition coefficient (Wildman–Crippen LogP) is 2.42. The lowest BCUT2D eigenvalue weighted by molar-refractivity contribution is 0.341. The van der Waals surface area contributed by atoms with Crippen LogP contribution in [0.25, 0.3) is 0 Å². The molecule has 0 radical (unpaired) electrons. The molecule has 0 heterocycles. The Morgan fingerprint density at radius 2 is 2.00 bits per heavy atom. The van der Waals surface area contributed by atoms with Gasteiger partial charge in [-0.05, 0) is 12.1 Å². The van der Waals surface area contributed by atoms with Gasteiger partial charge in [0.2, 0.25) is 0 Å². The number of sulfone groups is 1. The van der Waals surface area contributed by atoms with Crippen LogP contribution in [0.3, 0.4) is 0 Å². The minimum absolute atomic E-state index is 0.0458. The molecule has 15 heavy (non-hydrogen) atoms. The van der Waals surface area contributed by atoms with Gasteiger partial charge < -0.3 is 4.74 Å². The largest absolute Gasteiger partial charge is 0.491 e. The van der Waals surface area contributed by atoms with Crippen LogP contribution >= 0.6 is 23.2 Å². The first kappa shape index (κ1) is 12.6. The van der Waals surface area contributed by atoms with E-state index in [4.69, 9.17) is 27.9 Å². The first-order valence-electron chi connectivity index (χ1n) is 4.14. The SMILES string of the molecule is CS(=O)(=O)CCOc1cc(Cl)ccc1Cl. The Hall–Kier alpha value is -0.450. The van der Waals surface area contributed by atoms with Crippen molar-refractivity contribution in [2.24, 2.45) is 0 Å². The molecule has 0 atom stereocenters. The van der Waals surface area contributed by atoms with Gasteiger partial charge in [0.1, 0.15) is 12.4 Å². The van der Waals surface area contributed by atoms with Gasteiger partial charge in [-0.3, -0.25) is 0 Å². The molecule has 6 heteroatoms. The Kier molecular flexibility index (Phi) is 4.25. The summed E-state index contributed by atoms with van der Waals surface area (Å²) in [4.78, 5) is 0. The van der Waals surface area contributed by atoms with Crippen molar-refractivity contribution in [3.05, 3.63) is 28.2 Å². The van der Waals surface area contributed by atoms with Crippen LogP contribution in [0.4, 0.5) is 0 Å². The maximum Gasteiger partial charge on any atom is 0.150 e. The maximum atomic E-state index is 10.8. The lowest BCUT2D eigenvalue weighted by Gasteiger charge is -2.07. The van der Waals surface area contributed by atoms with E-state index in [1.807, 2.05) is 0 Å². The second kappa shape index (κ2) is 5.05. The van der Waals surface area contributed by atoms with Crippen LogP contribution in [0.15, 0.2) is 18.2 Å². The minimum atomic E-state index is -3.02. The number of benzene rings is 1. The Balaban J connectivity index is 2.61. The second-order valence-electron chi connectivity index (χ2n) is 3.05. The molecular formula is C9H10Cl2O3S. The number of rotatable bonds is 4. The zero-order valence-corrected chi connectivity index (χ0v) is 10.4. The summed E-state index contributed by atoms with van der Waals surface area (Å²) in [5.41, 5.74) is 0. The van der Waals surface area contributed by atoms with Crippen LogP contribution in [-0.4, -0.2) is 27.0 Å². The molecule has 0 spiro atoms. The van der Waals surface area contributed by atoms with Crippen molar-refractivity contribution < 1.29 is 13.2 Å². The number of hydrogen-bond acceptors (Lipinski definition) is 3. The number of hydrogen-bond donors (Lipinski definition) is 0. The molecule has 0 saturated carbocycles. The fourth-order valence-electron chi connectivity index (χ4n) is 0.891. The van der Waals surface area contributed by atoms with Crippen LogP contribution in [0.1, 0.15) is 0 Å². The molecule has 0 aromatic heterocycles. The summed E-state index contributed by atoms with van der Waals surface area (Å²) in [6.45, 7) is 0.0683. The lowest BCUT2D eigenvalue weighted by atomic mass is 10.3. The molecule has 0 aliphatic heterocycles. The quantitative estimate of drug-likeness (QED) is 0.843. The third-order valence-electron chi connectivity index (χ3n) is 1.60. The van der Waals surface area contributed by atoms with Gasteiger partial charge in [-0.1, -0.05) is 23.2 Å². The third kappa shape index (κ3) is 4.73. The van der Waals surface area contributed by atoms with Crippen LogP contribution in [0.5, 0.6) is 5.75 Å². The molecule has 0 fully saturated rings. The van der Waals surface area contributed by atoms with Gasteiger partial charge in [0, 0.05) is 17.3 Å². The van der Waals surface area contributed by atoms with Gasteiger partial charge in [-0.15, -0.1) is 0 Å². The lowest BCUT2D eigenvalue weighted by Crippen LogP contribution is -2.12. The van der Waals surface area contributed by atoms with E-state index in [-0.39, 0.29) is 12.4 Å². The van der Waals surface area contributed by atoms with Crippen molar-refractivity contribution in [3.63, 3.8) is 0 Å². The fraction of sp³-hybridized carbons (Fsp3) is 0.333. The molecule has 1 rings (SSSR count). The smallest absolute Gasteiger partial charge is 0.150 e. The summed E-state index contributed by atoms with van der Waals surface area (Å²) >= 11 is 11.5. The van der Waals surface area contributed by atoms with Crippen molar-refractivity contribution in [1.82, 2.24) is 0 Å². The molecule has 0 amide bonds. The van der Waals surface area contributed by atoms with Gasteiger partial charge in [0.05, 0.1) is 10.8 Å². The highest BCUT2D eigenvalue weighted by Gasteiger charge is 2.05. The molecule has 0 aliphatic rings. The average molecular weight is 269 g/mol. The Morgan fingerprint density at radius 3 is 2.60 bits per heavy atom. The minimum Gasteiger partial charge on any atom is -0.491 e. The van der Waals surface area contributed by atoms with Crippen LogP contribution in [0.2, 0.25) is 10.0 Å². The van der Waals surface area contributed by atoms with Gasteiger partial charge >= 0.3 is 0 Å².